The quantitative estimate of drug-likeness (QED) is 0.610. The zero-order chi connectivity index (χ0) is 12.8. The summed E-state index contributed by atoms with van der Waals surface area (Å²) in [6.45, 7) is 10.7. The smallest absolute Gasteiger partial charge is 0.0152 e. The number of allylic oxidation sites excluding steroid dienone is 2. The van der Waals surface area contributed by atoms with Crippen LogP contribution in [0.1, 0.15) is 55.0 Å². The van der Waals surface area contributed by atoms with Crippen LogP contribution in [-0.4, -0.2) is 0 Å². The highest BCUT2D eigenvalue weighted by atomic mass is 14.1. The second kappa shape index (κ2) is 6.44. The van der Waals surface area contributed by atoms with Crippen LogP contribution in [0.3, 0.4) is 0 Å². The van der Waals surface area contributed by atoms with Gasteiger partial charge < -0.3 is 0 Å². The van der Waals surface area contributed by atoms with Gasteiger partial charge in [0.05, 0.1) is 0 Å². The highest BCUT2D eigenvalue weighted by Crippen LogP contribution is 2.27. The number of hydrogen-bond acceptors (Lipinski definition) is 0. The van der Waals surface area contributed by atoms with Gasteiger partial charge in [-0.2, -0.15) is 0 Å². The van der Waals surface area contributed by atoms with Crippen LogP contribution in [-0.2, 0) is 6.42 Å². The van der Waals surface area contributed by atoms with Crippen LogP contribution < -0.4 is 0 Å². The number of rotatable bonds is 1. The molecular weight excluding hydrogens is 204 g/mol. The Hall–Kier alpha value is -1.30. The Morgan fingerprint density at radius 3 is 2.18 bits per heavy atom. The molecule has 0 radical (unpaired) electrons. The highest BCUT2D eigenvalue weighted by Gasteiger charge is 2.09. The Kier molecular flexibility index (Phi) is 5.21. The van der Waals surface area contributed by atoms with Crippen LogP contribution in [0.15, 0.2) is 18.2 Å². The van der Waals surface area contributed by atoms with E-state index in [1.165, 1.54) is 27.8 Å². The number of aryl methyl sites for hydroxylation is 2. The molecule has 0 spiro atoms. The summed E-state index contributed by atoms with van der Waals surface area (Å²) in [6, 6.07) is 2.33. The van der Waals surface area contributed by atoms with Gasteiger partial charge in [-0.05, 0) is 54.5 Å². The lowest BCUT2D eigenvalue weighted by Gasteiger charge is -2.13. The molecule has 92 valence electrons. The fourth-order valence-corrected chi connectivity index (χ4v) is 2.29. The zero-order valence-corrected chi connectivity index (χ0v) is 11.8. The summed E-state index contributed by atoms with van der Waals surface area (Å²) < 4.78 is 0. The molecule has 0 atom stereocenters. The molecule has 0 heterocycles. The minimum atomic E-state index is 1.05. The zero-order valence-electron chi connectivity index (χ0n) is 11.8. The number of hydrogen-bond donors (Lipinski definition) is 0. The van der Waals surface area contributed by atoms with Crippen molar-refractivity contribution in [1.29, 1.82) is 0 Å². The Labute approximate surface area is 106 Å². The summed E-state index contributed by atoms with van der Waals surface area (Å²) in [7, 11) is 0. The molecule has 0 aliphatic heterocycles. The average Bonchev–Trinajstić information content (AvgIpc) is 2.62. The summed E-state index contributed by atoms with van der Waals surface area (Å²) in [4.78, 5) is 0. The molecule has 0 saturated carbocycles. The first kappa shape index (κ1) is 13.8. The minimum absolute atomic E-state index is 1.05. The molecule has 1 aliphatic carbocycles. The fraction of sp³-hybridized carbons (Fsp3) is 0.412. The van der Waals surface area contributed by atoms with E-state index in [1.807, 2.05) is 13.8 Å². The van der Waals surface area contributed by atoms with Gasteiger partial charge in [-0.1, -0.05) is 51.1 Å². The van der Waals surface area contributed by atoms with Gasteiger partial charge in [-0.3, -0.25) is 0 Å². The van der Waals surface area contributed by atoms with E-state index in [-0.39, 0.29) is 0 Å². The van der Waals surface area contributed by atoms with Gasteiger partial charge in [0, 0.05) is 0 Å². The fourth-order valence-electron chi connectivity index (χ4n) is 2.29. The second-order valence-electron chi connectivity index (χ2n) is 4.20. The van der Waals surface area contributed by atoms with Gasteiger partial charge in [0.1, 0.15) is 0 Å². The van der Waals surface area contributed by atoms with Crippen LogP contribution in [0.4, 0.5) is 0 Å². The molecule has 0 N–H and O–H groups in total. The maximum Gasteiger partial charge on any atom is -0.0152 e. The van der Waals surface area contributed by atoms with E-state index in [1.54, 1.807) is 0 Å². The lowest BCUT2D eigenvalue weighted by Crippen LogP contribution is -1.96. The SMILES string of the molecule is CC.CCc1cc(C)c2c(c1C)C=CCC=C2. The molecule has 0 saturated heterocycles. The number of fused-ring (bicyclic) bond motifs is 1. The maximum atomic E-state index is 2.33. The van der Waals surface area contributed by atoms with Crippen molar-refractivity contribution in [3.05, 3.63) is 46.0 Å². The van der Waals surface area contributed by atoms with Crippen molar-refractivity contribution < 1.29 is 0 Å². The van der Waals surface area contributed by atoms with Crippen molar-refractivity contribution in [2.45, 2.75) is 47.5 Å². The molecule has 0 bridgehead atoms. The molecule has 1 aliphatic rings. The van der Waals surface area contributed by atoms with Gasteiger partial charge in [-0.15, -0.1) is 0 Å². The second-order valence-corrected chi connectivity index (χ2v) is 4.20. The van der Waals surface area contributed by atoms with Crippen LogP contribution in [0.2, 0.25) is 0 Å². The normalized spacial score (nSPS) is 12.5. The van der Waals surface area contributed by atoms with Crippen molar-refractivity contribution >= 4 is 12.2 Å². The van der Waals surface area contributed by atoms with Crippen molar-refractivity contribution in [2.75, 3.05) is 0 Å². The summed E-state index contributed by atoms with van der Waals surface area (Å²) in [5.41, 5.74) is 7.14. The van der Waals surface area contributed by atoms with Crippen molar-refractivity contribution in [1.82, 2.24) is 0 Å². The van der Waals surface area contributed by atoms with E-state index in [0.717, 1.165) is 12.8 Å². The molecule has 0 heteroatoms. The maximum absolute atomic E-state index is 2.33. The predicted octanol–water partition coefficient (Wildman–Crippen LogP) is 5.32. The molecule has 0 nitrogen and oxygen atoms in total. The monoisotopic (exact) mass is 228 g/mol. The molecular formula is C17H24. The van der Waals surface area contributed by atoms with E-state index < -0.39 is 0 Å². The van der Waals surface area contributed by atoms with Crippen LogP contribution >= 0.6 is 0 Å². The Morgan fingerprint density at radius 1 is 1.00 bits per heavy atom. The topological polar surface area (TPSA) is 0 Å². The van der Waals surface area contributed by atoms with Gasteiger partial charge in [0.25, 0.3) is 0 Å². The molecule has 17 heavy (non-hydrogen) atoms. The Morgan fingerprint density at radius 2 is 1.59 bits per heavy atom. The van der Waals surface area contributed by atoms with Gasteiger partial charge >= 0.3 is 0 Å². The molecule has 1 aromatic carbocycles. The third kappa shape index (κ3) is 2.88. The van der Waals surface area contributed by atoms with Crippen molar-refractivity contribution in [3.63, 3.8) is 0 Å². The van der Waals surface area contributed by atoms with E-state index in [4.69, 9.17) is 0 Å². The van der Waals surface area contributed by atoms with Gasteiger partial charge in [-0.25, -0.2) is 0 Å². The van der Waals surface area contributed by atoms with Gasteiger partial charge in [0.15, 0.2) is 0 Å². The number of benzene rings is 1. The molecule has 0 fully saturated rings. The standard InChI is InChI=1S/C15H18.C2H6/c1-4-13-10-11(2)14-8-6-5-7-9-15(14)12(13)3;1-2/h6-10H,4-5H2,1-3H3;1-2H3. The first-order valence-electron chi connectivity index (χ1n) is 6.70. The molecule has 2 rings (SSSR count). The first-order chi connectivity index (χ1) is 8.24. The summed E-state index contributed by atoms with van der Waals surface area (Å²) in [6.07, 6.45) is 11.2. The summed E-state index contributed by atoms with van der Waals surface area (Å²) >= 11 is 0. The van der Waals surface area contributed by atoms with Crippen LogP contribution in [0.5, 0.6) is 0 Å². The van der Waals surface area contributed by atoms with Crippen LogP contribution in [0.25, 0.3) is 12.2 Å². The lowest BCUT2D eigenvalue weighted by atomic mass is 9.92. The lowest BCUT2D eigenvalue weighted by molar-refractivity contribution is 1.09. The third-order valence-electron chi connectivity index (χ3n) is 3.21. The molecule has 0 aromatic heterocycles. The van der Waals surface area contributed by atoms with E-state index >= 15 is 0 Å². The average molecular weight is 228 g/mol. The largest absolute Gasteiger partial charge is 0.0801 e. The first-order valence-corrected chi connectivity index (χ1v) is 6.70. The minimum Gasteiger partial charge on any atom is -0.0801 e. The van der Waals surface area contributed by atoms with Crippen LogP contribution in [0, 0.1) is 13.8 Å². The molecule has 0 unspecified atom stereocenters. The van der Waals surface area contributed by atoms with Crippen molar-refractivity contribution in [2.24, 2.45) is 0 Å². The van der Waals surface area contributed by atoms with E-state index in [2.05, 4.69) is 51.1 Å². The highest BCUT2D eigenvalue weighted by molar-refractivity contribution is 5.73. The van der Waals surface area contributed by atoms with Crippen molar-refractivity contribution in [3.8, 4) is 0 Å². The molecule has 1 aromatic rings. The van der Waals surface area contributed by atoms with E-state index in [9.17, 15) is 0 Å². The predicted molar refractivity (Wildman–Crippen MR) is 79.3 cm³/mol. The summed E-state index contributed by atoms with van der Waals surface area (Å²) in [5.74, 6) is 0. The Balaban J connectivity index is 0.000000686. The third-order valence-corrected chi connectivity index (χ3v) is 3.21. The van der Waals surface area contributed by atoms with E-state index in [0.29, 0.717) is 0 Å². The molecule has 0 amide bonds. The van der Waals surface area contributed by atoms with Gasteiger partial charge in [0.2, 0.25) is 0 Å². The summed E-state index contributed by atoms with van der Waals surface area (Å²) in [5, 5.41) is 0. The Bertz CT molecular complexity index is 434.